The number of nitrogens with zero attached hydrogens (tertiary/aromatic N) is 1. The van der Waals surface area contributed by atoms with Crippen molar-refractivity contribution in [3.05, 3.63) is 23.8 Å². The molecule has 0 aromatic heterocycles. The molecule has 2 amide bonds. The van der Waals surface area contributed by atoms with Gasteiger partial charge < -0.3 is 15.3 Å². The number of anilines is 1. The first-order chi connectivity index (χ1) is 11.7. The van der Waals surface area contributed by atoms with Crippen molar-refractivity contribution in [1.82, 2.24) is 4.90 Å². The number of rotatable bonds is 6. The predicted octanol–water partition coefficient (Wildman–Crippen LogP) is 4.41. The number of hydrogen-bond donors (Lipinski definition) is 2. The minimum absolute atomic E-state index is 0.0138. The molecule has 5 heteroatoms. The van der Waals surface area contributed by atoms with E-state index in [4.69, 9.17) is 5.11 Å². The fourth-order valence-electron chi connectivity index (χ4n) is 3.36. The number of aryl methyl sites for hydroxylation is 1. The number of amides is 2. The summed E-state index contributed by atoms with van der Waals surface area (Å²) in [6, 6.07) is 6.53. The van der Waals surface area contributed by atoms with E-state index in [0.29, 0.717) is 12.6 Å². The van der Waals surface area contributed by atoms with Crippen molar-refractivity contribution in [2.24, 2.45) is 0 Å². The van der Waals surface area contributed by atoms with E-state index in [0.717, 1.165) is 29.3 Å². The Hall–Kier alpha value is -1.20. The molecule has 0 saturated heterocycles. The van der Waals surface area contributed by atoms with E-state index >= 15 is 0 Å². The van der Waals surface area contributed by atoms with Gasteiger partial charge in [-0.05, 0) is 56.4 Å². The number of nitrogens with one attached hydrogen (secondary N) is 1. The van der Waals surface area contributed by atoms with Gasteiger partial charge in [0.2, 0.25) is 0 Å². The standard InChI is InChI=1S/C19H28N2O2S/c1-14-13-17(24-16-5-3-2-4-6-16)9-10-18(14)20-19(23)21(11-12-22)15-7-8-15/h9-10,13,15-16,22H,2-8,11-12H2,1H3,(H,20,23). The number of aliphatic hydroxyl groups excluding tert-OH is 1. The number of carbonyl (C=O) groups is 1. The quantitative estimate of drug-likeness (QED) is 0.801. The Bertz CT molecular complexity index is 568. The maximum absolute atomic E-state index is 12.4. The van der Waals surface area contributed by atoms with Crippen LogP contribution in [0.5, 0.6) is 0 Å². The monoisotopic (exact) mass is 348 g/mol. The van der Waals surface area contributed by atoms with Gasteiger partial charge in [-0.25, -0.2) is 4.79 Å². The van der Waals surface area contributed by atoms with E-state index in [1.165, 1.54) is 37.0 Å². The molecule has 24 heavy (non-hydrogen) atoms. The van der Waals surface area contributed by atoms with Crippen molar-refractivity contribution in [2.45, 2.75) is 68.1 Å². The Morgan fingerprint density at radius 1 is 1.25 bits per heavy atom. The fourth-order valence-corrected chi connectivity index (χ4v) is 4.70. The Labute approximate surface area is 149 Å². The number of carbonyl (C=O) groups excluding carboxylic acids is 1. The first kappa shape index (κ1) is 17.6. The summed E-state index contributed by atoms with van der Waals surface area (Å²) < 4.78 is 0. The summed E-state index contributed by atoms with van der Waals surface area (Å²) in [5.74, 6) is 0. The minimum atomic E-state index is -0.0951. The highest BCUT2D eigenvalue weighted by Gasteiger charge is 2.32. The van der Waals surface area contributed by atoms with Crippen LogP contribution < -0.4 is 5.32 Å². The highest BCUT2D eigenvalue weighted by atomic mass is 32.2. The summed E-state index contributed by atoms with van der Waals surface area (Å²) in [6.07, 6.45) is 8.82. The van der Waals surface area contributed by atoms with Crippen molar-refractivity contribution in [3.63, 3.8) is 0 Å². The molecule has 0 atom stereocenters. The maximum Gasteiger partial charge on any atom is 0.322 e. The van der Waals surface area contributed by atoms with Crippen LogP contribution in [0, 0.1) is 6.92 Å². The van der Waals surface area contributed by atoms with Crippen molar-refractivity contribution in [3.8, 4) is 0 Å². The lowest BCUT2D eigenvalue weighted by atomic mass is 10.0. The zero-order valence-corrected chi connectivity index (χ0v) is 15.3. The Kier molecular flexibility index (Phi) is 6.06. The summed E-state index contributed by atoms with van der Waals surface area (Å²) in [6.45, 7) is 2.47. The van der Waals surface area contributed by atoms with Crippen molar-refractivity contribution in [1.29, 1.82) is 0 Å². The number of benzene rings is 1. The normalized spacial score (nSPS) is 18.4. The molecule has 132 valence electrons. The van der Waals surface area contributed by atoms with Crippen LogP contribution in [0.4, 0.5) is 10.5 Å². The van der Waals surface area contributed by atoms with E-state index in [2.05, 4.69) is 17.4 Å². The zero-order chi connectivity index (χ0) is 16.9. The molecule has 2 aliphatic rings. The zero-order valence-electron chi connectivity index (χ0n) is 14.5. The second-order valence-corrected chi connectivity index (χ2v) is 8.31. The predicted molar refractivity (Wildman–Crippen MR) is 99.7 cm³/mol. The van der Waals surface area contributed by atoms with Crippen LogP contribution in [0.25, 0.3) is 0 Å². The lowest BCUT2D eigenvalue weighted by Gasteiger charge is -2.23. The van der Waals surface area contributed by atoms with E-state index in [9.17, 15) is 4.79 Å². The molecule has 0 bridgehead atoms. The van der Waals surface area contributed by atoms with E-state index in [1.807, 2.05) is 24.8 Å². The molecular weight excluding hydrogens is 320 g/mol. The fraction of sp³-hybridized carbons (Fsp3) is 0.632. The lowest BCUT2D eigenvalue weighted by molar-refractivity contribution is 0.185. The topological polar surface area (TPSA) is 52.6 Å². The number of urea groups is 1. The summed E-state index contributed by atoms with van der Waals surface area (Å²) in [4.78, 5) is 15.5. The lowest BCUT2D eigenvalue weighted by Crippen LogP contribution is -2.38. The van der Waals surface area contributed by atoms with Crippen molar-refractivity contribution >= 4 is 23.5 Å². The molecule has 0 spiro atoms. The molecule has 0 heterocycles. The third kappa shape index (κ3) is 4.67. The molecule has 0 aliphatic heterocycles. The first-order valence-electron chi connectivity index (χ1n) is 9.13. The second-order valence-electron chi connectivity index (χ2n) is 6.93. The molecule has 1 aromatic rings. The van der Waals surface area contributed by atoms with Gasteiger partial charge in [0.15, 0.2) is 0 Å². The van der Waals surface area contributed by atoms with Gasteiger partial charge in [-0.15, -0.1) is 11.8 Å². The van der Waals surface area contributed by atoms with Crippen LogP contribution in [0.3, 0.4) is 0 Å². The van der Waals surface area contributed by atoms with Gasteiger partial charge in [0.1, 0.15) is 0 Å². The van der Waals surface area contributed by atoms with Crippen LogP contribution in [0.15, 0.2) is 23.1 Å². The van der Waals surface area contributed by atoms with Crippen LogP contribution in [0.1, 0.15) is 50.5 Å². The summed E-state index contributed by atoms with van der Waals surface area (Å²) >= 11 is 1.98. The van der Waals surface area contributed by atoms with Crippen LogP contribution in [-0.4, -0.2) is 40.5 Å². The van der Waals surface area contributed by atoms with Gasteiger partial charge in [-0.3, -0.25) is 0 Å². The Morgan fingerprint density at radius 3 is 2.62 bits per heavy atom. The molecule has 0 radical (unpaired) electrons. The molecule has 3 rings (SSSR count). The molecule has 1 aromatic carbocycles. The van der Waals surface area contributed by atoms with Crippen molar-refractivity contribution in [2.75, 3.05) is 18.5 Å². The number of hydrogen-bond acceptors (Lipinski definition) is 3. The molecule has 0 unspecified atom stereocenters. The summed E-state index contributed by atoms with van der Waals surface area (Å²) in [7, 11) is 0. The molecule has 2 saturated carbocycles. The third-order valence-electron chi connectivity index (χ3n) is 4.88. The smallest absolute Gasteiger partial charge is 0.322 e. The highest BCUT2D eigenvalue weighted by molar-refractivity contribution is 8.00. The van der Waals surface area contributed by atoms with E-state index < -0.39 is 0 Å². The van der Waals surface area contributed by atoms with Gasteiger partial charge in [0.25, 0.3) is 0 Å². The molecule has 2 fully saturated rings. The number of thioether (sulfide) groups is 1. The maximum atomic E-state index is 12.4. The van der Waals surface area contributed by atoms with Gasteiger partial charge >= 0.3 is 6.03 Å². The third-order valence-corrected chi connectivity index (χ3v) is 6.21. The van der Waals surface area contributed by atoms with Gasteiger partial charge in [-0.2, -0.15) is 0 Å². The average molecular weight is 349 g/mol. The van der Waals surface area contributed by atoms with Crippen LogP contribution >= 0.6 is 11.8 Å². The van der Waals surface area contributed by atoms with E-state index in [1.54, 1.807) is 4.90 Å². The molecule has 2 N–H and O–H groups in total. The van der Waals surface area contributed by atoms with Crippen LogP contribution in [-0.2, 0) is 0 Å². The Morgan fingerprint density at radius 2 is 2.00 bits per heavy atom. The average Bonchev–Trinajstić information content (AvgIpc) is 3.41. The van der Waals surface area contributed by atoms with Gasteiger partial charge in [0, 0.05) is 28.4 Å². The second kappa shape index (κ2) is 8.26. The first-order valence-corrected chi connectivity index (χ1v) is 10.0. The van der Waals surface area contributed by atoms with Gasteiger partial charge in [-0.1, -0.05) is 19.3 Å². The minimum Gasteiger partial charge on any atom is -0.395 e. The Balaban J connectivity index is 1.60. The molecular formula is C19H28N2O2S. The summed E-state index contributed by atoms with van der Waals surface area (Å²) in [5, 5.41) is 12.9. The van der Waals surface area contributed by atoms with Crippen LogP contribution in [0.2, 0.25) is 0 Å². The number of aliphatic hydroxyl groups is 1. The largest absolute Gasteiger partial charge is 0.395 e. The van der Waals surface area contributed by atoms with E-state index in [-0.39, 0.29) is 12.6 Å². The van der Waals surface area contributed by atoms with Crippen molar-refractivity contribution < 1.29 is 9.90 Å². The molecule has 2 aliphatic carbocycles. The summed E-state index contributed by atoms with van der Waals surface area (Å²) in [5.41, 5.74) is 1.97. The van der Waals surface area contributed by atoms with Gasteiger partial charge in [0.05, 0.1) is 6.61 Å². The molecule has 4 nitrogen and oxygen atoms in total. The SMILES string of the molecule is Cc1cc(SC2CCCCC2)ccc1NC(=O)N(CCO)C1CC1. The highest BCUT2D eigenvalue weighted by Crippen LogP contribution is 2.35.